The lowest BCUT2D eigenvalue weighted by Gasteiger charge is -2.32. The first-order chi connectivity index (χ1) is 8.20. The predicted octanol–water partition coefficient (Wildman–Crippen LogP) is 0.554. The van der Waals surface area contributed by atoms with Crippen molar-refractivity contribution in [3.8, 4) is 0 Å². The van der Waals surface area contributed by atoms with Crippen molar-refractivity contribution in [1.29, 1.82) is 0 Å². The van der Waals surface area contributed by atoms with Crippen molar-refractivity contribution < 1.29 is 9.50 Å². The number of anilines is 1. The van der Waals surface area contributed by atoms with Gasteiger partial charge in [0.2, 0.25) is 0 Å². The molecule has 1 aromatic heterocycles. The average Bonchev–Trinajstić information content (AvgIpc) is 2.29. The highest BCUT2D eigenvalue weighted by Gasteiger charge is 2.19. The van der Waals surface area contributed by atoms with Crippen molar-refractivity contribution in [3.05, 3.63) is 23.6 Å². The van der Waals surface area contributed by atoms with E-state index in [0.717, 1.165) is 25.2 Å². The Morgan fingerprint density at radius 2 is 2.47 bits per heavy atom. The summed E-state index contributed by atoms with van der Waals surface area (Å²) in [7, 11) is 0. The van der Waals surface area contributed by atoms with Crippen LogP contribution in [0.4, 0.5) is 10.2 Å². The van der Waals surface area contributed by atoms with Crippen LogP contribution in [-0.4, -0.2) is 42.4 Å². The summed E-state index contributed by atoms with van der Waals surface area (Å²) < 4.78 is 13.9. The minimum absolute atomic E-state index is 0.0190. The number of nitrogens with zero attached hydrogens (tertiary/aromatic N) is 2. The number of aliphatic hydroxyl groups excluding tert-OH is 1. The van der Waals surface area contributed by atoms with Crippen LogP contribution in [0.5, 0.6) is 0 Å². The fourth-order valence-corrected chi connectivity index (χ4v) is 2.09. The Hall–Kier alpha value is -1.20. The number of rotatable bonds is 3. The summed E-state index contributed by atoms with van der Waals surface area (Å²) in [4.78, 5) is 6.12. The molecule has 0 aromatic carbocycles. The van der Waals surface area contributed by atoms with Gasteiger partial charge in [0.25, 0.3) is 0 Å². The number of piperazine rings is 1. The van der Waals surface area contributed by atoms with E-state index in [-0.39, 0.29) is 12.4 Å². The molecule has 94 valence electrons. The molecule has 0 spiro atoms. The number of halogens is 1. The zero-order valence-electron chi connectivity index (χ0n) is 9.99. The molecule has 0 aliphatic carbocycles. The first-order valence-corrected chi connectivity index (χ1v) is 5.94. The minimum atomic E-state index is -0.301. The third-order valence-corrected chi connectivity index (χ3v) is 2.95. The Bertz CT molecular complexity index is 386. The second-order valence-corrected chi connectivity index (χ2v) is 4.42. The highest BCUT2D eigenvalue weighted by Crippen LogP contribution is 2.18. The van der Waals surface area contributed by atoms with E-state index in [1.807, 2.05) is 4.90 Å². The molecule has 0 radical (unpaired) electrons. The van der Waals surface area contributed by atoms with Crippen LogP contribution in [-0.2, 0) is 6.42 Å². The van der Waals surface area contributed by atoms with Crippen molar-refractivity contribution >= 4 is 5.82 Å². The standard InChI is InChI=1S/C12H18FN3O/c1-9-8-16(4-3-14-9)12-11(13)6-10(2-5-17)7-15-12/h6-7,9,14,17H,2-5,8H2,1H3/t9-/m1/s1. The molecule has 0 unspecified atom stereocenters. The lowest BCUT2D eigenvalue weighted by Crippen LogP contribution is -2.49. The third kappa shape index (κ3) is 2.92. The fourth-order valence-electron chi connectivity index (χ4n) is 2.09. The lowest BCUT2D eigenvalue weighted by atomic mass is 10.2. The molecule has 1 aromatic rings. The number of hydrogen-bond acceptors (Lipinski definition) is 4. The van der Waals surface area contributed by atoms with Gasteiger partial charge in [-0.15, -0.1) is 0 Å². The first kappa shape index (κ1) is 12.3. The average molecular weight is 239 g/mol. The summed E-state index contributed by atoms with van der Waals surface area (Å²) in [5.74, 6) is 0.116. The van der Waals surface area contributed by atoms with Crippen LogP contribution in [0.1, 0.15) is 12.5 Å². The predicted molar refractivity (Wildman–Crippen MR) is 64.7 cm³/mol. The molecule has 2 N–H and O–H groups in total. The molecule has 0 bridgehead atoms. The van der Waals surface area contributed by atoms with Gasteiger partial charge in [0.05, 0.1) is 0 Å². The molecule has 5 heteroatoms. The van der Waals surface area contributed by atoms with E-state index in [9.17, 15) is 4.39 Å². The Labute approximate surface area is 100 Å². The van der Waals surface area contributed by atoms with Crippen LogP contribution in [0.25, 0.3) is 0 Å². The molecule has 17 heavy (non-hydrogen) atoms. The normalized spacial score (nSPS) is 20.6. The summed E-state index contributed by atoms with van der Waals surface area (Å²) in [6, 6.07) is 1.81. The Morgan fingerprint density at radius 3 is 3.12 bits per heavy atom. The van der Waals surface area contributed by atoms with E-state index in [4.69, 9.17) is 5.11 Å². The van der Waals surface area contributed by atoms with Gasteiger partial charge in [-0.1, -0.05) is 0 Å². The molecule has 1 fully saturated rings. The number of pyridine rings is 1. The van der Waals surface area contributed by atoms with Crippen LogP contribution in [0.3, 0.4) is 0 Å². The molecule has 0 amide bonds. The first-order valence-electron chi connectivity index (χ1n) is 5.94. The van der Waals surface area contributed by atoms with Crippen LogP contribution < -0.4 is 10.2 Å². The molecule has 4 nitrogen and oxygen atoms in total. The van der Waals surface area contributed by atoms with E-state index in [1.54, 1.807) is 6.20 Å². The van der Waals surface area contributed by atoms with Crippen LogP contribution >= 0.6 is 0 Å². The second kappa shape index (κ2) is 5.42. The van der Waals surface area contributed by atoms with Crippen LogP contribution in [0, 0.1) is 5.82 Å². The highest BCUT2D eigenvalue weighted by molar-refractivity contribution is 5.42. The van der Waals surface area contributed by atoms with E-state index in [0.29, 0.717) is 18.3 Å². The van der Waals surface area contributed by atoms with Gasteiger partial charge >= 0.3 is 0 Å². The van der Waals surface area contributed by atoms with Crippen molar-refractivity contribution in [3.63, 3.8) is 0 Å². The Kier molecular flexibility index (Phi) is 3.91. The maximum absolute atomic E-state index is 13.9. The van der Waals surface area contributed by atoms with Crippen molar-refractivity contribution in [2.75, 3.05) is 31.1 Å². The topological polar surface area (TPSA) is 48.4 Å². The fraction of sp³-hybridized carbons (Fsp3) is 0.583. The number of hydrogen-bond donors (Lipinski definition) is 2. The maximum Gasteiger partial charge on any atom is 0.165 e. The molecular formula is C12H18FN3O. The third-order valence-electron chi connectivity index (χ3n) is 2.95. The molecule has 1 aliphatic rings. The summed E-state index contributed by atoms with van der Waals surface area (Å²) >= 11 is 0. The molecule has 2 rings (SSSR count). The number of aliphatic hydroxyl groups is 1. The van der Waals surface area contributed by atoms with Crippen LogP contribution in [0.2, 0.25) is 0 Å². The zero-order valence-corrected chi connectivity index (χ0v) is 9.99. The monoisotopic (exact) mass is 239 g/mol. The quantitative estimate of drug-likeness (QED) is 0.809. The Balaban J connectivity index is 2.15. The van der Waals surface area contributed by atoms with Gasteiger partial charge in [0.15, 0.2) is 11.6 Å². The van der Waals surface area contributed by atoms with Crippen LogP contribution in [0.15, 0.2) is 12.3 Å². The Morgan fingerprint density at radius 1 is 1.65 bits per heavy atom. The molecule has 2 heterocycles. The van der Waals surface area contributed by atoms with E-state index in [2.05, 4.69) is 17.2 Å². The van der Waals surface area contributed by atoms with Crippen molar-refractivity contribution in [2.24, 2.45) is 0 Å². The minimum Gasteiger partial charge on any atom is -0.396 e. The van der Waals surface area contributed by atoms with Crippen molar-refractivity contribution in [2.45, 2.75) is 19.4 Å². The zero-order chi connectivity index (χ0) is 12.3. The van der Waals surface area contributed by atoms with Gasteiger partial charge in [0.1, 0.15) is 0 Å². The number of aromatic nitrogens is 1. The molecule has 1 saturated heterocycles. The summed E-state index contributed by atoms with van der Waals surface area (Å²) in [6.07, 6.45) is 2.09. The van der Waals surface area contributed by atoms with Gasteiger partial charge in [-0.3, -0.25) is 0 Å². The van der Waals surface area contributed by atoms with E-state index >= 15 is 0 Å². The SMILES string of the molecule is C[C@@H]1CN(c2ncc(CCO)cc2F)CCN1. The van der Waals surface area contributed by atoms with Gasteiger partial charge in [-0.05, 0) is 25.0 Å². The van der Waals surface area contributed by atoms with Gasteiger partial charge in [-0.25, -0.2) is 9.37 Å². The molecule has 1 atom stereocenters. The van der Waals surface area contributed by atoms with E-state index < -0.39 is 0 Å². The smallest absolute Gasteiger partial charge is 0.165 e. The van der Waals surface area contributed by atoms with Crippen molar-refractivity contribution in [1.82, 2.24) is 10.3 Å². The number of nitrogens with one attached hydrogen (secondary N) is 1. The summed E-state index contributed by atoms with van der Waals surface area (Å²) in [5, 5.41) is 12.1. The lowest BCUT2D eigenvalue weighted by molar-refractivity contribution is 0.299. The molecular weight excluding hydrogens is 221 g/mol. The largest absolute Gasteiger partial charge is 0.396 e. The molecule has 1 aliphatic heterocycles. The van der Waals surface area contributed by atoms with Gasteiger partial charge < -0.3 is 15.3 Å². The van der Waals surface area contributed by atoms with Gasteiger partial charge in [0, 0.05) is 38.5 Å². The van der Waals surface area contributed by atoms with E-state index in [1.165, 1.54) is 6.07 Å². The summed E-state index contributed by atoms with van der Waals surface area (Å²) in [6.45, 7) is 4.48. The summed E-state index contributed by atoms with van der Waals surface area (Å²) in [5.41, 5.74) is 0.733. The highest BCUT2D eigenvalue weighted by atomic mass is 19.1. The molecule has 0 saturated carbocycles. The van der Waals surface area contributed by atoms with Gasteiger partial charge in [-0.2, -0.15) is 0 Å². The second-order valence-electron chi connectivity index (χ2n) is 4.42. The maximum atomic E-state index is 13.9.